The molecule has 10 heteroatoms. The second kappa shape index (κ2) is 9.18. The first-order chi connectivity index (χ1) is 13.3. The Kier molecular flexibility index (Phi) is 6.94. The van der Waals surface area contributed by atoms with Crippen LogP contribution in [0, 0.1) is 0 Å². The molecule has 28 heavy (non-hydrogen) atoms. The number of ether oxygens (including phenoxy) is 1. The van der Waals surface area contributed by atoms with Crippen LogP contribution in [0.25, 0.3) is 5.69 Å². The summed E-state index contributed by atoms with van der Waals surface area (Å²) in [5.41, 5.74) is -2.14. The fraction of sp³-hybridized carbons (Fsp3) is 0.278. The van der Waals surface area contributed by atoms with Crippen molar-refractivity contribution in [1.29, 1.82) is 0 Å². The molecule has 0 atom stereocenters. The van der Waals surface area contributed by atoms with Gasteiger partial charge in [0.1, 0.15) is 5.56 Å². The van der Waals surface area contributed by atoms with Crippen LogP contribution in [0.4, 0.5) is 13.2 Å². The van der Waals surface area contributed by atoms with E-state index in [2.05, 4.69) is 17.0 Å². The van der Waals surface area contributed by atoms with Gasteiger partial charge in [-0.2, -0.15) is 18.3 Å². The second-order valence-electron chi connectivity index (χ2n) is 5.61. The van der Waals surface area contributed by atoms with Gasteiger partial charge < -0.3 is 15.2 Å². The molecule has 0 aliphatic rings. The topological polar surface area (TPSA) is 93.5 Å². The molecule has 2 N–H and O–H groups in total. The molecule has 150 valence electrons. The van der Waals surface area contributed by atoms with E-state index in [-0.39, 0.29) is 17.8 Å². The third-order valence-electron chi connectivity index (χ3n) is 3.64. The Morgan fingerprint density at radius 2 is 1.93 bits per heavy atom. The molecule has 0 unspecified atom stereocenters. The summed E-state index contributed by atoms with van der Waals surface area (Å²) < 4.78 is 45.5. The first kappa shape index (κ1) is 21.2. The lowest BCUT2D eigenvalue weighted by atomic mass is 10.2. The number of carbonyl (C=O) groups is 2. The summed E-state index contributed by atoms with van der Waals surface area (Å²) in [6, 6.07) is 5.16. The van der Waals surface area contributed by atoms with E-state index in [9.17, 15) is 22.8 Å². The molecule has 0 fully saturated rings. The maximum atomic E-state index is 13.2. The Labute approximate surface area is 158 Å². The molecule has 1 aromatic carbocycles. The van der Waals surface area contributed by atoms with Crippen molar-refractivity contribution in [2.45, 2.75) is 12.6 Å². The lowest BCUT2D eigenvalue weighted by Gasteiger charge is -2.12. The summed E-state index contributed by atoms with van der Waals surface area (Å²) in [6.07, 6.45) is -1.86. The molecule has 0 spiro atoms. The van der Waals surface area contributed by atoms with Crippen molar-refractivity contribution in [2.75, 3.05) is 19.8 Å². The van der Waals surface area contributed by atoms with Crippen molar-refractivity contribution >= 4 is 11.9 Å². The zero-order valence-electron chi connectivity index (χ0n) is 14.7. The van der Waals surface area contributed by atoms with E-state index >= 15 is 0 Å². The molecular formula is C18H18F3N3O4. The van der Waals surface area contributed by atoms with Gasteiger partial charge in [-0.25, -0.2) is 9.48 Å². The molecule has 1 heterocycles. The van der Waals surface area contributed by atoms with Crippen LogP contribution in [-0.2, 0) is 10.9 Å². The fourth-order valence-electron chi connectivity index (χ4n) is 2.34. The number of carbonyl (C=O) groups excluding carboxylic acids is 1. The predicted molar refractivity (Wildman–Crippen MR) is 93.5 cm³/mol. The van der Waals surface area contributed by atoms with Crippen LogP contribution in [0.3, 0.4) is 0 Å². The largest absolute Gasteiger partial charge is 0.478 e. The average molecular weight is 397 g/mol. The molecule has 7 nitrogen and oxygen atoms in total. The van der Waals surface area contributed by atoms with Crippen molar-refractivity contribution in [3.63, 3.8) is 0 Å². The summed E-state index contributed by atoms with van der Waals surface area (Å²) in [4.78, 5) is 23.1. The van der Waals surface area contributed by atoms with Gasteiger partial charge in [-0.3, -0.25) is 4.79 Å². The van der Waals surface area contributed by atoms with Gasteiger partial charge in [-0.05, 0) is 30.7 Å². The second-order valence-corrected chi connectivity index (χ2v) is 5.61. The van der Waals surface area contributed by atoms with Crippen molar-refractivity contribution in [3.8, 4) is 5.69 Å². The third-order valence-corrected chi connectivity index (χ3v) is 3.64. The lowest BCUT2D eigenvalue weighted by Crippen LogP contribution is -2.27. The van der Waals surface area contributed by atoms with Gasteiger partial charge in [0.2, 0.25) is 0 Å². The SMILES string of the molecule is C=CCCOCCNC(=O)c1ccc(-n2ncc(C(=O)O)c2C(F)(F)F)cc1. The Morgan fingerprint density at radius 3 is 2.50 bits per heavy atom. The number of hydrogen-bond acceptors (Lipinski definition) is 4. The van der Waals surface area contributed by atoms with Gasteiger partial charge in [0.15, 0.2) is 5.69 Å². The minimum Gasteiger partial charge on any atom is -0.478 e. The third kappa shape index (κ3) is 5.19. The lowest BCUT2D eigenvalue weighted by molar-refractivity contribution is -0.143. The predicted octanol–water partition coefficient (Wildman–Crippen LogP) is 2.91. The molecule has 0 aliphatic heterocycles. The van der Waals surface area contributed by atoms with E-state index in [0.717, 1.165) is 0 Å². The first-order valence-corrected chi connectivity index (χ1v) is 8.21. The number of nitrogens with one attached hydrogen (secondary N) is 1. The molecule has 0 saturated heterocycles. The minimum absolute atomic E-state index is 0.0240. The van der Waals surface area contributed by atoms with Gasteiger partial charge in [-0.1, -0.05) is 6.08 Å². The Balaban J connectivity index is 2.10. The number of rotatable bonds is 9. The van der Waals surface area contributed by atoms with Crippen LogP contribution in [0.5, 0.6) is 0 Å². The van der Waals surface area contributed by atoms with Crippen molar-refractivity contribution < 1.29 is 32.6 Å². The van der Waals surface area contributed by atoms with Crippen molar-refractivity contribution in [1.82, 2.24) is 15.1 Å². The summed E-state index contributed by atoms with van der Waals surface area (Å²) in [7, 11) is 0. The summed E-state index contributed by atoms with van der Waals surface area (Å²) in [5.74, 6) is -2.15. The highest BCUT2D eigenvalue weighted by molar-refractivity contribution is 5.94. The van der Waals surface area contributed by atoms with Crippen LogP contribution < -0.4 is 5.32 Å². The molecule has 2 rings (SSSR count). The highest BCUT2D eigenvalue weighted by Crippen LogP contribution is 2.33. The number of hydrogen-bond donors (Lipinski definition) is 2. The van der Waals surface area contributed by atoms with Crippen LogP contribution >= 0.6 is 0 Å². The number of aromatic nitrogens is 2. The molecule has 1 amide bonds. The van der Waals surface area contributed by atoms with Crippen molar-refractivity contribution in [3.05, 3.63) is 59.9 Å². The number of nitrogens with zero attached hydrogens (tertiary/aromatic N) is 2. The first-order valence-electron chi connectivity index (χ1n) is 8.21. The van der Waals surface area contributed by atoms with Crippen molar-refractivity contribution in [2.24, 2.45) is 0 Å². The summed E-state index contributed by atoms with van der Waals surface area (Å²) in [5, 5.41) is 15.1. The van der Waals surface area contributed by atoms with E-state index in [0.29, 0.717) is 30.5 Å². The van der Waals surface area contributed by atoms with Crippen LogP contribution in [0.1, 0.15) is 32.8 Å². The molecule has 0 bridgehead atoms. The monoisotopic (exact) mass is 397 g/mol. The molecule has 1 aromatic heterocycles. The molecule has 2 aromatic rings. The van der Waals surface area contributed by atoms with Crippen LogP contribution in [-0.4, -0.2) is 46.5 Å². The van der Waals surface area contributed by atoms with Gasteiger partial charge in [0, 0.05) is 12.1 Å². The standard InChI is InChI=1S/C18H18F3N3O4/c1-2-3-9-28-10-8-22-16(25)12-4-6-13(7-5-12)24-15(18(19,20)21)14(11-23-24)17(26)27/h2,4-7,11H,1,3,8-10H2,(H,22,25)(H,26,27). The van der Waals surface area contributed by atoms with E-state index in [1.807, 2.05) is 0 Å². The zero-order valence-corrected chi connectivity index (χ0v) is 14.7. The Hall–Kier alpha value is -3.14. The maximum absolute atomic E-state index is 13.2. The van der Waals surface area contributed by atoms with E-state index < -0.39 is 29.3 Å². The summed E-state index contributed by atoms with van der Waals surface area (Å²) >= 11 is 0. The highest BCUT2D eigenvalue weighted by Gasteiger charge is 2.40. The van der Waals surface area contributed by atoms with E-state index in [1.165, 1.54) is 24.3 Å². The minimum atomic E-state index is -4.91. The number of benzene rings is 1. The molecular weight excluding hydrogens is 379 g/mol. The van der Waals surface area contributed by atoms with Crippen LogP contribution in [0.15, 0.2) is 43.1 Å². The molecule has 0 aliphatic carbocycles. The number of halogens is 3. The maximum Gasteiger partial charge on any atom is 0.434 e. The number of amides is 1. The smallest absolute Gasteiger partial charge is 0.434 e. The summed E-state index contributed by atoms with van der Waals surface area (Å²) in [6.45, 7) is 4.65. The van der Waals surface area contributed by atoms with E-state index in [4.69, 9.17) is 9.84 Å². The zero-order chi connectivity index (χ0) is 20.7. The number of carboxylic acid groups (broad SMARTS) is 1. The van der Waals surface area contributed by atoms with Gasteiger partial charge in [0.25, 0.3) is 5.91 Å². The van der Waals surface area contributed by atoms with Gasteiger partial charge in [0.05, 0.1) is 25.1 Å². The molecule has 0 radical (unpaired) electrons. The quantitative estimate of drug-likeness (QED) is 0.501. The van der Waals surface area contributed by atoms with Crippen LogP contribution in [0.2, 0.25) is 0 Å². The van der Waals surface area contributed by atoms with E-state index in [1.54, 1.807) is 6.08 Å². The number of carboxylic acids is 1. The van der Waals surface area contributed by atoms with Gasteiger partial charge >= 0.3 is 12.1 Å². The van der Waals surface area contributed by atoms with Gasteiger partial charge in [-0.15, -0.1) is 6.58 Å². The molecule has 0 saturated carbocycles. The Morgan fingerprint density at radius 1 is 1.25 bits per heavy atom. The fourth-order valence-corrected chi connectivity index (χ4v) is 2.34. The normalized spacial score (nSPS) is 11.2. The highest BCUT2D eigenvalue weighted by atomic mass is 19.4. The average Bonchev–Trinajstić information content (AvgIpc) is 3.10. The number of alkyl halides is 3. The number of aromatic carboxylic acids is 1. The Bertz CT molecular complexity index is 845.